The van der Waals surface area contributed by atoms with Gasteiger partial charge in [-0.25, -0.2) is 9.97 Å². The van der Waals surface area contributed by atoms with E-state index in [9.17, 15) is 0 Å². The molecule has 8 nitrogen and oxygen atoms in total. The van der Waals surface area contributed by atoms with Gasteiger partial charge in [0.15, 0.2) is 11.4 Å². The van der Waals surface area contributed by atoms with Crippen molar-refractivity contribution < 1.29 is 9.15 Å². The SMILES string of the molecule is COc1ccc2c(c1)CN(Cc1cnc(N3CCCCCC3)n3nc(-c4ccco4)nc13)CC2. The summed E-state index contributed by atoms with van der Waals surface area (Å²) in [5.74, 6) is 3.06. The van der Waals surface area contributed by atoms with Gasteiger partial charge in [-0.3, -0.25) is 4.90 Å². The van der Waals surface area contributed by atoms with Crippen LogP contribution in [0.2, 0.25) is 0 Å². The fourth-order valence-electron chi connectivity index (χ4n) is 5.11. The Kier molecular flexibility index (Phi) is 5.66. The van der Waals surface area contributed by atoms with Crippen molar-refractivity contribution in [3.8, 4) is 17.3 Å². The molecule has 1 aromatic carbocycles. The molecule has 0 spiro atoms. The molecule has 6 rings (SSSR count). The van der Waals surface area contributed by atoms with E-state index in [1.165, 1.54) is 36.8 Å². The lowest BCUT2D eigenvalue weighted by Gasteiger charge is -2.29. The van der Waals surface area contributed by atoms with E-state index in [4.69, 9.17) is 24.2 Å². The quantitative estimate of drug-likeness (QED) is 0.441. The predicted molar refractivity (Wildman–Crippen MR) is 130 cm³/mol. The molecule has 2 aliphatic heterocycles. The molecular formula is C26H30N6O2. The van der Waals surface area contributed by atoms with Crippen LogP contribution in [0, 0.1) is 0 Å². The molecule has 34 heavy (non-hydrogen) atoms. The van der Waals surface area contributed by atoms with Crippen molar-refractivity contribution in [2.24, 2.45) is 0 Å². The Hall–Kier alpha value is -3.39. The van der Waals surface area contributed by atoms with E-state index in [-0.39, 0.29) is 0 Å². The summed E-state index contributed by atoms with van der Waals surface area (Å²) in [4.78, 5) is 14.6. The smallest absolute Gasteiger partial charge is 0.228 e. The lowest BCUT2D eigenvalue weighted by molar-refractivity contribution is 0.245. The summed E-state index contributed by atoms with van der Waals surface area (Å²) >= 11 is 0. The standard InChI is InChI=1S/C26H30N6O2/c1-33-22-9-8-19-10-13-30(17-20(19)15-22)18-21-16-27-26(31-11-4-2-3-5-12-31)32-25(21)28-24(29-32)23-7-6-14-34-23/h6-9,14-16H,2-5,10-13,17-18H2,1H3. The topological polar surface area (TPSA) is 71.9 Å². The van der Waals surface area contributed by atoms with Gasteiger partial charge in [0, 0.05) is 44.5 Å². The van der Waals surface area contributed by atoms with Crippen LogP contribution in [-0.2, 0) is 19.5 Å². The van der Waals surface area contributed by atoms with Gasteiger partial charge in [0.25, 0.3) is 0 Å². The van der Waals surface area contributed by atoms with Crippen LogP contribution in [0.1, 0.15) is 42.4 Å². The molecule has 0 radical (unpaired) electrons. The molecule has 176 valence electrons. The van der Waals surface area contributed by atoms with Gasteiger partial charge in [0.1, 0.15) is 5.75 Å². The second kappa shape index (κ2) is 9.10. The third-order valence-electron chi connectivity index (χ3n) is 6.95. The molecule has 0 atom stereocenters. The molecular weight excluding hydrogens is 428 g/mol. The Morgan fingerprint density at radius 3 is 2.71 bits per heavy atom. The lowest BCUT2D eigenvalue weighted by atomic mass is 9.99. The number of anilines is 1. The summed E-state index contributed by atoms with van der Waals surface area (Å²) in [5, 5.41) is 4.85. The molecule has 0 saturated carbocycles. The first-order valence-electron chi connectivity index (χ1n) is 12.2. The van der Waals surface area contributed by atoms with Crippen LogP contribution in [0.3, 0.4) is 0 Å². The molecule has 0 amide bonds. The van der Waals surface area contributed by atoms with Crippen LogP contribution < -0.4 is 9.64 Å². The molecule has 8 heteroatoms. The third-order valence-corrected chi connectivity index (χ3v) is 6.95. The van der Waals surface area contributed by atoms with Crippen molar-refractivity contribution in [3.05, 3.63) is 59.5 Å². The monoisotopic (exact) mass is 458 g/mol. The summed E-state index contributed by atoms with van der Waals surface area (Å²) in [5.41, 5.74) is 4.67. The summed E-state index contributed by atoms with van der Waals surface area (Å²) in [7, 11) is 1.72. The zero-order chi connectivity index (χ0) is 22.9. The fraction of sp³-hybridized carbons (Fsp3) is 0.423. The Bertz CT molecular complexity index is 1270. The second-order valence-corrected chi connectivity index (χ2v) is 9.23. The van der Waals surface area contributed by atoms with Gasteiger partial charge in [-0.15, -0.1) is 5.10 Å². The van der Waals surface area contributed by atoms with Gasteiger partial charge in [-0.2, -0.15) is 4.52 Å². The van der Waals surface area contributed by atoms with E-state index in [1.54, 1.807) is 13.4 Å². The molecule has 1 saturated heterocycles. The summed E-state index contributed by atoms with van der Waals surface area (Å²) in [6.07, 6.45) is 9.59. The van der Waals surface area contributed by atoms with Crippen LogP contribution in [0.25, 0.3) is 17.2 Å². The van der Waals surface area contributed by atoms with Crippen molar-refractivity contribution in [1.29, 1.82) is 0 Å². The first-order chi connectivity index (χ1) is 16.8. The number of aromatic nitrogens is 4. The predicted octanol–water partition coefficient (Wildman–Crippen LogP) is 4.33. The maximum absolute atomic E-state index is 5.61. The number of methoxy groups -OCH3 is 1. The van der Waals surface area contributed by atoms with Crippen molar-refractivity contribution in [1.82, 2.24) is 24.5 Å². The first kappa shape index (κ1) is 21.2. The van der Waals surface area contributed by atoms with E-state index in [0.717, 1.165) is 62.1 Å². The number of fused-ring (bicyclic) bond motifs is 2. The molecule has 0 unspecified atom stereocenters. The number of hydrogen-bond acceptors (Lipinski definition) is 7. The van der Waals surface area contributed by atoms with Gasteiger partial charge in [0.05, 0.1) is 13.4 Å². The molecule has 4 aromatic rings. The molecule has 3 aromatic heterocycles. The zero-order valence-electron chi connectivity index (χ0n) is 19.6. The molecule has 2 aliphatic rings. The number of rotatable bonds is 5. The average Bonchev–Trinajstić information content (AvgIpc) is 3.49. The molecule has 0 N–H and O–H groups in total. The fourth-order valence-corrected chi connectivity index (χ4v) is 5.11. The van der Waals surface area contributed by atoms with E-state index in [1.807, 2.05) is 22.8 Å². The number of nitrogens with zero attached hydrogens (tertiary/aromatic N) is 6. The molecule has 0 aliphatic carbocycles. The van der Waals surface area contributed by atoms with Gasteiger partial charge in [-0.05, 0) is 54.7 Å². The number of hydrogen-bond donors (Lipinski definition) is 0. The molecule has 0 bridgehead atoms. The van der Waals surface area contributed by atoms with Crippen LogP contribution in [-0.4, -0.2) is 51.2 Å². The summed E-state index contributed by atoms with van der Waals surface area (Å²) in [6.45, 7) is 4.65. The molecule has 5 heterocycles. The highest BCUT2D eigenvalue weighted by atomic mass is 16.5. The van der Waals surface area contributed by atoms with E-state index in [0.29, 0.717) is 11.6 Å². The van der Waals surface area contributed by atoms with Gasteiger partial charge in [-0.1, -0.05) is 18.9 Å². The highest BCUT2D eigenvalue weighted by Crippen LogP contribution is 2.27. The Balaban J connectivity index is 1.35. The largest absolute Gasteiger partial charge is 0.497 e. The Morgan fingerprint density at radius 2 is 1.91 bits per heavy atom. The minimum absolute atomic E-state index is 0.601. The van der Waals surface area contributed by atoms with Gasteiger partial charge < -0.3 is 14.1 Å². The highest BCUT2D eigenvalue weighted by molar-refractivity contribution is 5.58. The van der Waals surface area contributed by atoms with Crippen LogP contribution >= 0.6 is 0 Å². The number of ether oxygens (including phenoxy) is 1. The lowest BCUT2D eigenvalue weighted by Crippen LogP contribution is -2.31. The van der Waals surface area contributed by atoms with Crippen molar-refractivity contribution in [2.45, 2.75) is 45.2 Å². The Morgan fingerprint density at radius 1 is 1.03 bits per heavy atom. The van der Waals surface area contributed by atoms with Crippen LogP contribution in [0.5, 0.6) is 5.75 Å². The number of benzene rings is 1. The van der Waals surface area contributed by atoms with Gasteiger partial charge >= 0.3 is 0 Å². The second-order valence-electron chi connectivity index (χ2n) is 9.23. The minimum Gasteiger partial charge on any atom is -0.497 e. The maximum Gasteiger partial charge on any atom is 0.228 e. The highest BCUT2D eigenvalue weighted by Gasteiger charge is 2.23. The Labute approximate surface area is 199 Å². The van der Waals surface area contributed by atoms with Crippen LogP contribution in [0.4, 0.5) is 5.95 Å². The van der Waals surface area contributed by atoms with E-state index >= 15 is 0 Å². The normalized spacial score (nSPS) is 17.0. The number of furan rings is 1. The van der Waals surface area contributed by atoms with Crippen LogP contribution in [0.15, 0.2) is 47.2 Å². The first-order valence-corrected chi connectivity index (χ1v) is 12.2. The third kappa shape index (κ3) is 4.03. The van der Waals surface area contributed by atoms with Crippen molar-refractivity contribution in [2.75, 3.05) is 31.6 Å². The molecule has 1 fully saturated rings. The zero-order valence-corrected chi connectivity index (χ0v) is 19.6. The van der Waals surface area contributed by atoms with E-state index in [2.05, 4.69) is 28.0 Å². The minimum atomic E-state index is 0.601. The van der Waals surface area contributed by atoms with E-state index < -0.39 is 0 Å². The maximum atomic E-state index is 5.61. The van der Waals surface area contributed by atoms with Crippen molar-refractivity contribution >= 4 is 11.6 Å². The van der Waals surface area contributed by atoms with Gasteiger partial charge in [0.2, 0.25) is 11.8 Å². The summed E-state index contributed by atoms with van der Waals surface area (Å²) in [6, 6.07) is 10.2. The average molecular weight is 459 g/mol. The van der Waals surface area contributed by atoms with Crippen molar-refractivity contribution in [3.63, 3.8) is 0 Å². The summed E-state index contributed by atoms with van der Waals surface area (Å²) < 4.78 is 13.0.